The lowest BCUT2D eigenvalue weighted by Crippen LogP contribution is -2.47. The van der Waals surface area contributed by atoms with E-state index in [9.17, 15) is 0 Å². The molecule has 3 N–H and O–H groups in total. The van der Waals surface area contributed by atoms with E-state index in [2.05, 4.69) is 36.2 Å². The Kier molecular flexibility index (Phi) is 5.06. The van der Waals surface area contributed by atoms with Crippen LogP contribution in [0.4, 0.5) is 11.5 Å². The second-order valence-corrected chi connectivity index (χ2v) is 5.59. The number of piperidine rings is 1. The first-order chi connectivity index (χ1) is 9.61. The van der Waals surface area contributed by atoms with Crippen molar-refractivity contribution in [3.05, 3.63) is 12.1 Å². The summed E-state index contributed by atoms with van der Waals surface area (Å²) in [5.41, 5.74) is 9.89. The Balaban J connectivity index is 2.08. The predicted molar refractivity (Wildman–Crippen MR) is 82.7 cm³/mol. The van der Waals surface area contributed by atoms with E-state index in [0.29, 0.717) is 30.3 Å². The van der Waals surface area contributed by atoms with Crippen molar-refractivity contribution < 1.29 is 4.74 Å². The third kappa shape index (κ3) is 3.54. The van der Waals surface area contributed by atoms with Crippen LogP contribution in [-0.2, 0) is 0 Å². The molecule has 0 radical (unpaired) electrons. The van der Waals surface area contributed by atoms with Crippen LogP contribution in [-0.4, -0.2) is 28.7 Å². The molecule has 112 valence electrons. The van der Waals surface area contributed by atoms with E-state index >= 15 is 0 Å². The van der Waals surface area contributed by atoms with E-state index < -0.39 is 0 Å². The monoisotopic (exact) mass is 278 g/mol. The van der Waals surface area contributed by atoms with Crippen molar-refractivity contribution in [2.24, 2.45) is 0 Å². The molecule has 2 rings (SSSR count). The first-order valence-corrected chi connectivity index (χ1v) is 7.56. The van der Waals surface area contributed by atoms with Crippen molar-refractivity contribution in [3.63, 3.8) is 0 Å². The number of aromatic nitrogens is 1. The van der Waals surface area contributed by atoms with Gasteiger partial charge in [0.15, 0.2) is 0 Å². The zero-order valence-electron chi connectivity index (χ0n) is 12.7. The van der Waals surface area contributed by atoms with E-state index in [0.717, 1.165) is 12.2 Å². The third-order valence-corrected chi connectivity index (χ3v) is 3.77. The molecule has 2 heterocycles. The van der Waals surface area contributed by atoms with Crippen LogP contribution in [0.5, 0.6) is 5.88 Å². The van der Waals surface area contributed by atoms with E-state index in [1.807, 2.05) is 12.1 Å². The zero-order valence-corrected chi connectivity index (χ0v) is 12.7. The number of nitrogen functional groups attached to an aromatic ring is 1. The van der Waals surface area contributed by atoms with Gasteiger partial charge in [-0.1, -0.05) is 13.3 Å². The van der Waals surface area contributed by atoms with Gasteiger partial charge in [0.05, 0.1) is 12.3 Å². The van der Waals surface area contributed by atoms with E-state index in [-0.39, 0.29) is 0 Å². The Labute approximate surface area is 121 Å². The SMILES string of the molecule is CCCOc1nc(NN2C(C)CCCC2C)ccc1N. The van der Waals surface area contributed by atoms with Crippen LogP contribution in [0.25, 0.3) is 0 Å². The Morgan fingerprint density at radius 1 is 1.35 bits per heavy atom. The lowest BCUT2D eigenvalue weighted by atomic mass is 10.00. The van der Waals surface area contributed by atoms with E-state index in [1.54, 1.807) is 0 Å². The van der Waals surface area contributed by atoms with Crippen LogP contribution < -0.4 is 15.9 Å². The molecule has 0 spiro atoms. The molecule has 5 nitrogen and oxygen atoms in total. The van der Waals surface area contributed by atoms with Gasteiger partial charge in [-0.05, 0) is 45.2 Å². The lowest BCUT2D eigenvalue weighted by Gasteiger charge is -2.39. The number of rotatable bonds is 5. The quantitative estimate of drug-likeness (QED) is 0.866. The van der Waals surface area contributed by atoms with E-state index in [1.165, 1.54) is 19.3 Å². The Bertz CT molecular complexity index is 428. The second-order valence-electron chi connectivity index (χ2n) is 5.59. The van der Waals surface area contributed by atoms with Crippen LogP contribution in [0.15, 0.2) is 12.1 Å². The summed E-state index contributed by atoms with van der Waals surface area (Å²) in [6.45, 7) is 7.19. The van der Waals surface area contributed by atoms with Crippen molar-refractivity contribution in [2.75, 3.05) is 17.8 Å². The molecule has 0 amide bonds. The summed E-state index contributed by atoms with van der Waals surface area (Å²) >= 11 is 0. The van der Waals surface area contributed by atoms with Gasteiger partial charge in [-0.15, -0.1) is 0 Å². The number of hydrogen-bond donors (Lipinski definition) is 2. The van der Waals surface area contributed by atoms with Crippen LogP contribution in [0.2, 0.25) is 0 Å². The van der Waals surface area contributed by atoms with Crippen molar-refractivity contribution >= 4 is 11.5 Å². The molecular weight excluding hydrogens is 252 g/mol. The summed E-state index contributed by atoms with van der Waals surface area (Å²) in [6, 6.07) is 4.78. The molecule has 20 heavy (non-hydrogen) atoms. The number of nitrogens with two attached hydrogens (primary N) is 1. The normalized spacial score (nSPS) is 23.6. The van der Waals surface area contributed by atoms with Gasteiger partial charge in [0.2, 0.25) is 5.88 Å². The number of hydrogen-bond acceptors (Lipinski definition) is 5. The molecule has 2 unspecified atom stereocenters. The highest BCUT2D eigenvalue weighted by Crippen LogP contribution is 2.25. The molecule has 1 saturated heterocycles. The number of nitrogens with zero attached hydrogens (tertiary/aromatic N) is 2. The molecule has 1 aliphatic rings. The maximum atomic E-state index is 5.89. The summed E-state index contributed by atoms with van der Waals surface area (Å²) in [5, 5.41) is 2.28. The number of hydrazine groups is 1. The summed E-state index contributed by atoms with van der Waals surface area (Å²) in [6.07, 6.45) is 4.66. The van der Waals surface area contributed by atoms with Crippen molar-refractivity contribution in [1.29, 1.82) is 0 Å². The average Bonchev–Trinajstić information content (AvgIpc) is 2.43. The number of anilines is 2. The topological polar surface area (TPSA) is 63.4 Å². The largest absolute Gasteiger partial charge is 0.476 e. The molecular formula is C15H26N4O. The highest BCUT2D eigenvalue weighted by atomic mass is 16.5. The maximum Gasteiger partial charge on any atom is 0.239 e. The maximum absolute atomic E-state index is 5.89. The fourth-order valence-corrected chi connectivity index (χ4v) is 2.60. The molecule has 0 aliphatic carbocycles. The van der Waals surface area contributed by atoms with Crippen LogP contribution >= 0.6 is 0 Å². The minimum absolute atomic E-state index is 0.512. The molecule has 5 heteroatoms. The standard InChI is InChI=1S/C15H26N4O/c1-4-10-20-15-13(16)8-9-14(17-15)18-19-11(2)6-5-7-12(19)3/h8-9,11-12H,4-7,10,16H2,1-3H3,(H,17,18). The first kappa shape index (κ1) is 14.9. The molecule has 0 saturated carbocycles. The average molecular weight is 278 g/mol. The van der Waals surface area contributed by atoms with Gasteiger partial charge >= 0.3 is 0 Å². The molecule has 1 aromatic heterocycles. The Morgan fingerprint density at radius 2 is 2.05 bits per heavy atom. The fraction of sp³-hybridized carbons (Fsp3) is 0.667. The first-order valence-electron chi connectivity index (χ1n) is 7.56. The van der Waals surface area contributed by atoms with E-state index in [4.69, 9.17) is 10.5 Å². The van der Waals surface area contributed by atoms with Gasteiger partial charge in [0.25, 0.3) is 0 Å². The molecule has 0 bridgehead atoms. The van der Waals surface area contributed by atoms with Crippen molar-refractivity contribution in [2.45, 2.75) is 58.5 Å². The van der Waals surface area contributed by atoms with Crippen molar-refractivity contribution in [1.82, 2.24) is 9.99 Å². The summed E-state index contributed by atoms with van der Waals surface area (Å²) in [7, 11) is 0. The summed E-state index contributed by atoms with van der Waals surface area (Å²) < 4.78 is 5.57. The minimum Gasteiger partial charge on any atom is -0.476 e. The van der Waals surface area contributed by atoms with Crippen LogP contribution in [0.3, 0.4) is 0 Å². The lowest BCUT2D eigenvalue weighted by molar-refractivity contribution is 0.135. The van der Waals surface area contributed by atoms with Gasteiger partial charge in [0.1, 0.15) is 5.82 Å². The van der Waals surface area contributed by atoms with Gasteiger partial charge < -0.3 is 15.9 Å². The number of ether oxygens (including phenoxy) is 1. The molecule has 1 aromatic rings. The van der Waals surface area contributed by atoms with Gasteiger partial charge in [-0.2, -0.15) is 4.98 Å². The van der Waals surface area contributed by atoms with Gasteiger partial charge in [-0.3, -0.25) is 0 Å². The predicted octanol–water partition coefficient (Wildman–Crippen LogP) is 3.04. The highest BCUT2D eigenvalue weighted by molar-refractivity contribution is 5.53. The third-order valence-electron chi connectivity index (χ3n) is 3.77. The smallest absolute Gasteiger partial charge is 0.239 e. The van der Waals surface area contributed by atoms with Crippen molar-refractivity contribution in [3.8, 4) is 5.88 Å². The number of pyridine rings is 1. The zero-order chi connectivity index (χ0) is 14.5. The Morgan fingerprint density at radius 3 is 2.70 bits per heavy atom. The van der Waals surface area contributed by atoms with Crippen LogP contribution in [0, 0.1) is 0 Å². The molecule has 1 fully saturated rings. The van der Waals surface area contributed by atoms with Crippen LogP contribution in [0.1, 0.15) is 46.5 Å². The van der Waals surface area contributed by atoms with Gasteiger partial charge in [0, 0.05) is 12.1 Å². The number of nitrogens with one attached hydrogen (secondary N) is 1. The highest BCUT2D eigenvalue weighted by Gasteiger charge is 2.25. The summed E-state index contributed by atoms with van der Waals surface area (Å²) in [5.74, 6) is 1.32. The Hall–Kier alpha value is -1.49. The molecule has 1 aliphatic heterocycles. The molecule has 0 aromatic carbocycles. The molecule has 2 atom stereocenters. The van der Waals surface area contributed by atoms with Gasteiger partial charge in [-0.25, -0.2) is 5.01 Å². The summed E-state index contributed by atoms with van der Waals surface area (Å²) in [4.78, 5) is 4.47. The fourth-order valence-electron chi connectivity index (χ4n) is 2.60. The minimum atomic E-state index is 0.512. The second kappa shape index (κ2) is 6.79.